The van der Waals surface area contributed by atoms with Gasteiger partial charge in [-0.1, -0.05) is 30.3 Å². The predicted octanol–water partition coefficient (Wildman–Crippen LogP) is 5.92. The van der Waals surface area contributed by atoms with Gasteiger partial charge >= 0.3 is 0 Å². The van der Waals surface area contributed by atoms with E-state index in [0.29, 0.717) is 0 Å². The van der Waals surface area contributed by atoms with Crippen LogP contribution in [0.25, 0.3) is 0 Å². The average molecular weight is 332 g/mol. The van der Waals surface area contributed by atoms with E-state index in [1.54, 1.807) is 0 Å². The molecule has 0 aromatic heterocycles. The molecule has 1 aliphatic rings. The van der Waals surface area contributed by atoms with E-state index in [9.17, 15) is 0 Å². The van der Waals surface area contributed by atoms with Crippen molar-refractivity contribution in [3.63, 3.8) is 0 Å². The summed E-state index contributed by atoms with van der Waals surface area (Å²) in [7, 11) is 0.000972. The maximum absolute atomic E-state index is 2.42. The van der Waals surface area contributed by atoms with Crippen molar-refractivity contribution < 1.29 is 0 Å². The zero-order valence-corrected chi connectivity index (χ0v) is 15.6. The van der Waals surface area contributed by atoms with Gasteiger partial charge in [-0.3, -0.25) is 0 Å². The van der Waals surface area contributed by atoms with Gasteiger partial charge in [-0.15, -0.1) is 0 Å². The number of benzene rings is 3. The molecule has 24 heavy (non-hydrogen) atoms. The van der Waals surface area contributed by atoms with Crippen LogP contribution in [0, 0.1) is 27.7 Å². The Hall–Kier alpha value is -1.99. The Bertz CT molecular complexity index is 865. The highest BCUT2D eigenvalue weighted by atomic mass is 32.2. The Morgan fingerprint density at radius 1 is 0.667 bits per heavy atom. The highest BCUT2D eigenvalue weighted by Crippen LogP contribution is 2.43. The van der Waals surface area contributed by atoms with E-state index < -0.39 is 0 Å². The minimum Gasteiger partial charge on any atom is -0.0619 e. The van der Waals surface area contributed by atoms with Crippen LogP contribution in [0.15, 0.2) is 69.3 Å². The molecule has 0 fully saturated rings. The van der Waals surface area contributed by atoms with Crippen LogP contribution < -0.4 is 0 Å². The monoisotopic (exact) mass is 331 g/mol. The van der Waals surface area contributed by atoms with E-state index in [0.717, 1.165) is 6.42 Å². The highest BCUT2D eigenvalue weighted by Gasteiger charge is 2.39. The molecule has 0 bridgehead atoms. The molecule has 0 N–H and O–H groups in total. The maximum Gasteiger partial charge on any atom is 0.170 e. The number of hydrogen-bond donors (Lipinski definition) is 0. The third-order valence-corrected chi connectivity index (χ3v) is 7.28. The second-order valence-electron chi connectivity index (χ2n) is 6.91. The van der Waals surface area contributed by atoms with E-state index in [1.165, 1.54) is 48.1 Å². The summed E-state index contributed by atoms with van der Waals surface area (Å²) in [5.74, 6) is 0. The van der Waals surface area contributed by atoms with Crippen LogP contribution in [-0.2, 0) is 17.3 Å². The van der Waals surface area contributed by atoms with Crippen LogP contribution in [0.5, 0.6) is 0 Å². The van der Waals surface area contributed by atoms with Gasteiger partial charge in [0.15, 0.2) is 14.7 Å². The lowest BCUT2D eigenvalue weighted by Crippen LogP contribution is -2.18. The number of hydrogen-bond acceptors (Lipinski definition) is 0. The second-order valence-corrected chi connectivity index (χ2v) is 8.88. The molecule has 3 aromatic carbocycles. The predicted molar refractivity (Wildman–Crippen MR) is 103 cm³/mol. The lowest BCUT2D eigenvalue weighted by molar-refractivity contribution is 0.988. The zero-order valence-electron chi connectivity index (χ0n) is 14.8. The van der Waals surface area contributed by atoms with Gasteiger partial charge in [-0.05, 0) is 74.2 Å². The van der Waals surface area contributed by atoms with Crippen LogP contribution >= 0.6 is 0 Å². The van der Waals surface area contributed by atoms with Crippen molar-refractivity contribution in [1.29, 1.82) is 0 Å². The van der Waals surface area contributed by atoms with Crippen LogP contribution in [0.2, 0.25) is 0 Å². The first kappa shape index (κ1) is 15.5. The molecule has 120 valence electrons. The van der Waals surface area contributed by atoms with Gasteiger partial charge in [-0.25, -0.2) is 0 Å². The largest absolute Gasteiger partial charge is 0.170 e. The van der Waals surface area contributed by atoms with Crippen molar-refractivity contribution in [3.05, 3.63) is 88.0 Å². The van der Waals surface area contributed by atoms with E-state index in [2.05, 4.69) is 82.3 Å². The summed E-state index contributed by atoms with van der Waals surface area (Å²) < 4.78 is 0. The molecule has 0 radical (unpaired) electrons. The SMILES string of the molecule is Cc1cc(C)c2c(c1)[S+](c1ccccc1)c1cc(C)cc(C)c1C2. The van der Waals surface area contributed by atoms with Gasteiger partial charge in [0.25, 0.3) is 0 Å². The molecule has 0 saturated heterocycles. The fourth-order valence-electron chi connectivity index (χ4n) is 3.84. The molecular formula is C23H23S+. The molecular weight excluding hydrogens is 308 g/mol. The maximum atomic E-state index is 2.42. The van der Waals surface area contributed by atoms with E-state index in [1.807, 2.05) is 0 Å². The molecule has 4 rings (SSSR count). The first-order valence-corrected chi connectivity index (χ1v) is 9.76. The quantitative estimate of drug-likeness (QED) is 0.380. The summed E-state index contributed by atoms with van der Waals surface area (Å²) in [6.07, 6.45) is 1.07. The Balaban J connectivity index is 2.05. The smallest absolute Gasteiger partial charge is 0.0619 e. The Morgan fingerprint density at radius 2 is 1.17 bits per heavy atom. The highest BCUT2D eigenvalue weighted by molar-refractivity contribution is 7.97. The minimum atomic E-state index is 0.000972. The number of rotatable bonds is 1. The van der Waals surface area contributed by atoms with Gasteiger partial charge < -0.3 is 0 Å². The number of fused-ring (bicyclic) bond motifs is 2. The van der Waals surface area contributed by atoms with Crippen LogP contribution in [-0.4, -0.2) is 0 Å². The average Bonchev–Trinajstić information content (AvgIpc) is 2.54. The summed E-state index contributed by atoms with van der Waals surface area (Å²) in [6.45, 7) is 8.98. The first-order chi connectivity index (χ1) is 11.5. The fraction of sp³-hybridized carbons (Fsp3) is 0.217. The summed E-state index contributed by atoms with van der Waals surface area (Å²) in [6, 6.07) is 20.5. The molecule has 0 spiro atoms. The summed E-state index contributed by atoms with van der Waals surface area (Å²) in [4.78, 5) is 4.47. The zero-order chi connectivity index (χ0) is 16.8. The van der Waals surface area contributed by atoms with E-state index in [4.69, 9.17) is 0 Å². The van der Waals surface area contributed by atoms with Crippen LogP contribution in [0.3, 0.4) is 0 Å². The third-order valence-electron chi connectivity index (χ3n) is 4.93. The molecule has 0 atom stereocenters. The molecule has 0 unspecified atom stereocenters. The molecule has 1 heterocycles. The van der Waals surface area contributed by atoms with Crippen molar-refractivity contribution >= 4 is 10.9 Å². The fourth-order valence-corrected chi connectivity index (χ4v) is 6.58. The molecule has 1 aliphatic heterocycles. The van der Waals surface area contributed by atoms with Crippen LogP contribution in [0.4, 0.5) is 0 Å². The third kappa shape index (κ3) is 2.48. The first-order valence-electron chi connectivity index (χ1n) is 8.54. The summed E-state index contributed by atoms with van der Waals surface area (Å²) >= 11 is 0. The van der Waals surface area contributed by atoms with Crippen LogP contribution in [0.1, 0.15) is 33.4 Å². The molecule has 0 saturated carbocycles. The molecule has 0 nitrogen and oxygen atoms in total. The Morgan fingerprint density at radius 3 is 1.67 bits per heavy atom. The van der Waals surface area contributed by atoms with E-state index in [-0.39, 0.29) is 10.9 Å². The molecule has 1 heteroatoms. The number of aryl methyl sites for hydroxylation is 4. The van der Waals surface area contributed by atoms with Gasteiger partial charge in [-0.2, -0.15) is 0 Å². The second kappa shape index (κ2) is 5.82. The molecule has 0 amide bonds. The standard InChI is InChI=1S/C23H23S/c1-15-10-17(3)20-14-21-18(4)11-16(2)13-23(21)24(22(20)12-15)19-8-6-5-7-9-19/h5-13H,14H2,1-4H3/q+1. The van der Waals surface area contributed by atoms with Gasteiger partial charge in [0.2, 0.25) is 0 Å². The van der Waals surface area contributed by atoms with Crippen molar-refractivity contribution in [2.75, 3.05) is 0 Å². The summed E-state index contributed by atoms with van der Waals surface area (Å²) in [5, 5.41) is 0. The van der Waals surface area contributed by atoms with Crippen molar-refractivity contribution in [2.45, 2.75) is 48.8 Å². The minimum absolute atomic E-state index is 0.000972. The normalized spacial score (nSPS) is 13.5. The Kier molecular flexibility index (Phi) is 3.77. The summed E-state index contributed by atoms with van der Waals surface area (Å²) in [5.41, 5.74) is 8.67. The molecule has 0 aliphatic carbocycles. The van der Waals surface area contributed by atoms with E-state index >= 15 is 0 Å². The molecule has 3 aromatic rings. The van der Waals surface area contributed by atoms with Crippen molar-refractivity contribution in [2.24, 2.45) is 0 Å². The van der Waals surface area contributed by atoms with Gasteiger partial charge in [0.1, 0.15) is 0 Å². The van der Waals surface area contributed by atoms with Gasteiger partial charge in [0, 0.05) is 17.5 Å². The topological polar surface area (TPSA) is 0 Å². The lowest BCUT2D eigenvalue weighted by Gasteiger charge is -2.23. The lowest BCUT2D eigenvalue weighted by atomic mass is 9.94. The van der Waals surface area contributed by atoms with Gasteiger partial charge in [0.05, 0.1) is 10.9 Å². The Labute approximate surface area is 147 Å². The van der Waals surface area contributed by atoms with Crippen molar-refractivity contribution in [1.82, 2.24) is 0 Å². The van der Waals surface area contributed by atoms with Crippen molar-refractivity contribution in [3.8, 4) is 0 Å².